The van der Waals surface area contributed by atoms with Crippen molar-refractivity contribution in [3.63, 3.8) is 0 Å². The fourth-order valence-electron chi connectivity index (χ4n) is 2.15. The molecule has 2 rings (SSSR count). The Hall–Kier alpha value is -1.24. The van der Waals surface area contributed by atoms with Gasteiger partial charge in [-0.1, -0.05) is 15.9 Å². The molecule has 128 valence electrons. The summed E-state index contributed by atoms with van der Waals surface area (Å²) in [5.41, 5.74) is -0.954. The highest BCUT2D eigenvalue weighted by atomic mass is 79.9. The van der Waals surface area contributed by atoms with Crippen molar-refractivity contribution in [2.45, 2.75) is 58.0 Å². The zero-order valence-electron chi connectivity index (χ0n) is 13.2. The molecule has 1 amide bonds. The van der Waals surface area contributed by atoms with Gasteiger partial charge in [0, 0.05) is 17.1 Å². The first-order chi connectivity index (χ1) is 10.5. The second-order valence-electron chi connectivity index (χ2n) is 6.69. The van der Waals surface area contributed by atoms with Gasteiger partial charge in [-0.2, -0.15) is 13.2 Å². The molecule has 7 heteroatoms. The van der Waals surface area contributed by atoms with Gasteiger partial charge >= 0.3 is 12.3 Å². The van der Waals surface area contributed by atoms with Crippen molar-refractivity contribution in [3.8, 4) is 0 Å². The molecule has 0 atom stereocenters. The lowest BCUT2D eigenvalue weighted by Crippen LogP contribution is -2.37. The lowest BCUT2D eigenvalue weighted by Gasteiger charge is -2.27. The molecule has 1 aromatic carbocycles. The van der Waals surface area contributed by atoms with Gasteiger partial charge in [0.1, 0.15) is 5.60 Å². The molecular weight excluding hydrogens is 375 g/mol. The van der Waals surface area contributed by atoms with Crippen LogP contribution in [0.3, 0.4) is 0 Å². The molecule has 1 fully saturated rings. The second kappa shape index (κ2) is 6.34. The lowest BCUT2D eigenvalue weighted by molar-refractivity contribution is -0.137. The SMILES string of the molecule is CC(C)(C)OC(=O)N(Cc1cc(Br)cc(C(F)(F)F)c1)C1CC1. The zero-order valence-corrected chi connectivity index (χ0v) is 14.8. The molecule has 0 spiro atoms. The highest BCUT2D eigenvalue weighted by Crippen LogP contribution is 2.34. The standard InChI is InChI=1S/C16H19BrF3NO2/c1-15(2,3)23-14(22)21(13-4-5-13)9-10-6-11(16(18,19)20)8-12(17)7-10/h6-8,13H,4-5,9H2,1-3H3. The largest absolute Gasteiger partial charge is 0.444 e. The molecule has 1 aliphatic carbocycles. The summed E-state index contributed by atoms with van der Waals surface area (Å²) in [4.78, 5) is 13.8. The van der Waals surface area contributed by atoms with Crippen LogP contribution in [0.25, 0.3) is 0 Å². The van der Waals surface area contributed by atoms with Crippen molar-refractivity contribution in [1.82, 2.24) is 4.90 Å². The summed E-state index contributed by atoms with van der Waals surface area (Å²) in [6.45, 7) is 5.38. The number of halogens is 4. The van der Waals surface area contributed by atoms with Crippen LogP contribution in [-0.2, 0) is 17.5 Å². The number of hydrogen-bond acceptors (Lipinski definition) is 2. The van der Waals surface area contributed by atoms with Gasteiger partial charge in [0.05, 0.1) is 5.56 Å². The molecule has 1 aliphatic rings. The van der Waals surface area contributed by atoms with Crippen molar-refractivity contribution < 1.29 is 22.7 Å². The molecule has 0 bridgehead atoms. The van der Waals surface area contributed by atoms with Gasteiger partial charge in [-0.25, -0.2) is 4.79 Å². The van der Waals surface area contributed by atoms with Gasteiger partial charge in [0.2, 0.25) is 0 Å². The quantitative estimate of drug-likeness (QED) is 0.690. The predicted molar refractivity (Wildman–Crippen MR) is 83.9 cm³/mol. The predicted octanol–water partition coefficient (Wildman–Crippen LogP) is 5.37. The summed E-state index contributed by atoms with van der Waals surface area (Å²) in [7, 11) is 0. The van der Waals surface area contributed by atoms with E-state index in [0.717, 1.165) is 25.0 Å². The third-order valence-corrected chi connectivity index (χ3v) is 3.71. The summed E-state index contributed by atoms with van der Waals surface area (Å²) in [6.07, 6.45) is -3.22. The van der Waals surface area contributed by atoms with Crippen molar-refractivity contribution in [2.24, 2.45) is 0 Å². The highest BCUT2D eigenvalue weighted by molar-refractivity contribution is 9.10. The fourth-order valence-corrected chi connectivity index (χ4v) is 2.69. The Morgan fingerprint density at radius 3 is 2.35 bits per heavy atom. The minimum Gasteiger partial charge on any atom is -0.444 e. The van der Waals surface area contributed by atoms with Gasteiger partial charge in [0.15, 0.2) is 0 Å². The van der Waals surface area contributed by atoms with Crippen LogP contribution in [0.4, 0.5) is 18.0 Å². The molecule has 23 heavy (non-hydrogen) atoms. The topological polar surface area (TPSA) is 29.5 Å². The van der Waals surface area contributed by atoms with Gasteiger partial charge in [-0.15, -0.1) is 0 Å². The Morgan fingerprint density at radius 2 is 1.87 bits per heavy atom. The molecule has 3 nitrogen and oxygen atoms in total. The van der Waals surface area contributed by atoms with E-state index in [4.69, 9.17) is 4.74 Å². The first kappa shape index (κ1) is 18.1. The average Bonchev–Trinajstić information content (AvgIpc) is 3.16. The Kier molecular flexibility index (Phi) is 4.99. The zero-order chi connectivity index (χ0) is 17.4. The summed E-state index contributed by atoms with van der Waals surface area (Å²) in [6, 6.07) is 3.73. The normalized spacial score (nSPS) is 15.4. The van der Waals surface area contributed by atoms with Crippen molar-refractivity contribution in [2.75, 3.05) is 0 Å². The van der Waals surface area contributed by atoms with Crippen LogP contribution in [0.15, 0.2) is 22.7 Å². The van der Waals surface area contributed by atoms with Crippen LogP contribution in [0.2, 0.25) is 0 Å². The third-order valence-electron chi connectivity index (χ3n) is 3.25. The number of hydrogen-bond donors (Lipinski definition) is 0. The maximum Gasteiger partial charge on any atom is 0.416 e. The summed E-state index contributed by atoms with van der Waals surface area (Å²) >= 11 is 3.10. The number of carbonyl (C=O) groups is 1. The molecular formula is C16H19BrF3NO2. The van der Waals surface area contributed by atoms with E-state index in [1.807, 2.05) is 0 Å². The third kappa shape index (κ3) is 5.41. The number of amides is 1. The van der Waals surface area contributed by atoms with E-state index in [0.29, 0.717) is 10.0 Å². The molecule has 0 aromatic heterocycles. The van der Waals surface area contributed by atoms with E-state index >= 15 is 0 Å². The number of benzene rings is 1. The van der Waals surface area contributed by atoms with Gasteiger partial charge < -0.3 is 9.64 Å². The van der Waals surface area contributed by atoms with Gasteiger partial charge in [0.25, 0.3) is 0 Å². The van der Waals surface area contributed by atoms with Crippen LogP contribution in [0.5, 0.6) is 0 Å². The van der Waals surface area contributed by atoms with Crippen LogP contribution in [-0.4, -0.2) is 22.6 Å². The Morgan fingerprint density at radius 1 is 1.26 bits per heavy atom. The molecule has 0 radical (unpaired) electrons. The van der Waals surface area contributed by atoms with Crippen LogP contribution < -0.4 is 0 Å². The molecule has 1 aromatic rings. The summed E-state index contributed by atoms with van der Waals surface area (Å²) in [5, 5.41) is 0. The van der Waals surface area contributed by atoms with Crippen molar-refractivity contribution in [1.29, 1.82) is 0 Å². The van der Waals surface area contributed by atoms with E-state index in [-0.39, 0.29) is 12.6 Å². The molecule has 0 aliphatic heterocycles. The Balaban J connectivity index is 2.21. The molecule has 0 N–H and O–H groups in total. The highest BCUT2D eigenvalue weighted by Gasteiger charge is 2.36. The second-order valence-corrected chi connectivity index (χ2v) is 7.60. The summed E-state index contributed by atoms with van der Waals surface area (Å²) < 4.78 is 44.4. The van der Waals surface area contributed by atoms with Crippen molar-refractivity contribution in [3.05, 3.63) is 33.8 Å². The molecule has 0 saturated heterocycles. The van der Waals surface area contributed by atoms with E-state index in [2.05, 4.69) is 15.9 Å². The minimum absolute atomic E-state index is 0.0400. The number of carbonyl (C=O) groups excluding carboxylic acids is 1. The summed E-state index contributed by atoms with van der Waals surface area (Å²) in [5.74, 6) is 0. The van der Waals surface area contributed by atoms with Crippen LogP contribution in [0, 0.1) is 0 Å². The number of ether oxygens (including phenoxy) is 1. The first-order valence-electron chi connectivity index (χ1n) is 7.32. The number of alkyl halides is 3. The van der Waals surface area contributed by atoms with E-state index < -0.39 is 23.4 Å². The monoisotopic (exact) mass is 393 g/mol. The van der Waals surface area contributed by atoms with Crippen molar-refractivity contribution >= 4 is 22.0 Å². The van der Waals surface area contributed by atoms with E-state index in [9.17, 15) is 18.0 Å². The van der Waals surface area contributed by atoms with Gasteiger partial charge in [-0.05, 0) is 57.4 Å². The lowest BCUT2D eigenvalue weighted by atomic mass is 10.1. The molecule has 0 unspecified atom stereocenters. The fraction of sp³-hybridized carbons (Fsp3) is 0.562. The minimum atomic E-state index is -4.42. The Bertz CT molecular complexity index is 592. The molecule has 1 saturated carbocycles. The maximum absolute atomic E-state index is 12.9. The first-order valence-corrected chi connectivity index (χ1v) is 8.11. The van der Waals surface area contributed by atoms with Crippen LogP contribution in [0.1, 0.15) is 44.7 Å². The van der Waals surface area contributed by atoms with Crippen LogP contribution >= 0.6 is 15.9 Å². The number of rotatable bonds is 3. The number of nitrogens with zero attached hydrogens (tertiary/aromatic N) is 1. The van der Waals surface area contributed by atoms with E-state index in [1.165, 1.54) is 4.90 Å². The molecule has 0 heterocycles. The maximum atomic E-state index is 12.9. The Labute approximate surface area is 141 Å². The van der Waals surface area contributed by atoms with E-state index in [1.54, 1.807) is 26.8 Å². The average molecular weight is 394 g/mol. The van der Waals surface area contributed by atoms with Gasteiger partial charge in [-0.3, -0.25) is 0 Å². The smallest absolute Gasteiger partial charge is 0.416 e.